The van der Waals surface area contributed by atoms with Gasteiger partial charge in [-0.2, -0.15) is 0 Å². The standard InChI is InChI=1S/C20H21N3O3S/c1-26-14-7-10-16-17(12-14)22-19(21-16)13-5-8-15(9-6-13)27-18-4-2-3-11-23(25)20(18)24/h5-10,12,18,25H,2-4,11H2,1H3,(H,21,22). The number of benzene rings is 2. The first-order chi connectivity index (χ1) is 13.1. The van der Waals surface area contributed by atoms with Crippen molar-refractivity contribution < 1.29 is 14.7 Å². The molecule has 1 aliphatic heterocycles. The van der Waals surface area contributed by atoms with Crippen LogP contribution in [0.5, 0.6) is 5.75 Å². The molecule has 4 rings (SSSR count). The maximum atomic E-state index is 12.2. The maximum Gasteiger partial charge on any atom is 0.259 e. The molecule has 2 aromatic carbocycles. The Morgan fingerprint density at radius 1 is 1.22 bits per heavy atom. The molecular weight excluding hydrogens is 362 g/mol. The highest BCUT2D eigenvalue weighted by Gasteiger charge is 2.26. The summed E-state index contributed by atoms with van der Waals surface area (Å²) in [6.07, 6.45) is 2.57. The van der Waals surface area contributed by atoms with Gasteiger partial charge in [0.2, 0.25) is 0 Å². The van der Waals surface area contributed by atoms with Crippen molar-refractivity contribution in [3.8, 4) is 17.1 Å². The summed E-state index contributed by atoms with van der Waals surface area (Å²) in [5.41, 5.74) is 2.79. The number of fused-ring (bicyclic) bond motifs is 1. The molecule has 0 aliphatic carbocycles. The van der Waals surface area contributed by atoms with Gasteiger partial charge in [0.05, 0.1) is 23.4 Å². The molecule has 0 bridgehead atoms. The minimum absolute atomic E-state index is 0.201. The number of nitrogens with one attached hydrogen (secondary N) is 1. The Kier molecular flexibility index (Phi) is 5.05. The number of hydrogen-bond donors (Lipinski definition) is 2. The lowest BCUT2D eigenvalue weighted by atomic mass is 10.2. The van der Waals surface area contributed by atoms with Crippen LogP contribution in [0.4, 0.5) is 0 Å². The third kappa shape index (κ3) is 3.79. The molecule has 2 N–H and O–H groups in total. The summed E-state index contributed by atoms with van der Waals surface area (Å²) >= 11 is 1.51. The second-order valence-electron chi connectivity index (χ2n) is 6.56. The minimum Gasteiger partial charge on any atom is -0.497 e. The van der Waals surface area contributed by atoms with E-state index < -0.39 is 0 Å². The number of carbonyl (C=O) groups excluding carboxylic acids is 1. The van der Waals surface area contributed by atoms with Gasteiger partial charge in [-0.1, -0.05) is 12.1 Å². The summed E-state index contributed by atoms with van der Waals surface area (Å²) in [4.78, 5) is 21.2. The maximum absolute atomic E-state index is 12.2. The van der Waals surface area contributed by atoms with Gasteiger partial charge in [0.15, 0.2) is 0 Å². The molecule has 7 heteroatoms. The van der Waals surface area contributed by atoms with Gasteiger partial charge < -0.3 is 9.72 Å². The van der Waals surface area contributed by atoms with Crippen LogP contribution in [-0.4, -0.2) is 45.1 Å². The molecule has 140 valence electrons. The molecule has 1 amide bonds. The summed E-state index contributed by atoms with van der Waals surface area (Å²) in [5.74, 6) is 1.38. The van der Waals surface area contributed by atoms with E-state index in [1.54, 1.807) is 7.11 Å². The number of hydrogen-bond acceptors (Lipinski definition) is 5. The normalized spacial score (nSPS) is 17.9. The van der Waals surface area contributed by atoms with E-state index in [4.69, 9.17) is 4.74 Å². The third-order valence-electron chi connectivity index (χ3n) is 4.71. The highest BCUT2D eigenvalue weighted by Crippen LogP contribution is 2.31. The number of ether oxygens (including phenoxy) is 1. The van der Waals surface area contributed by atoms with Crippen LogP contribution in [0.1, 0.15) is 19.3 Å². The highest BCUT2D eigenvalue weighted by atomic mass is 32.2. The molecule has 3 aromatic rings. The van der Waals surface area contributed by atoms with Gasteiger partial charge in [-0.3, -0.25) is 10.0 Å². The fourth-order valence-corrected chi connectivity index (χ4v) is 4.34. The average molecular weight is 383 g/mol. The number of amides is 1. The fourth-order valence-electron chi connectivity index (χ4n) is 3.21. The summed E-state index contributed by atoms with van der Waals surface area (Å²) < 4.78 is 5.25. The van der Waals surface area contributed by atoms with E-state index in [2.05, 4.69) is 9.97 Å². The van der Waals surface area contributed by atoms with Crippen molar-refractivity contribution in [3.63, 3.8) is 0 Å². The molecular formula is C20H21N3O3S. The van der Waals surface area contributed by atoms with Gasteiger partial charge in [-0.05, 0) is 43.5 Å². The van der Waals surface area contributed by atoms with Crippen LogP contribution in [0.2, 0.25) is 0 Å². The molecule has 1 atom stereocenters. The average Bonchev–Trinajstić information content (AvgIpc) is 3.06. The largest absolute Gasteiger partial charge is 0.497 e. The first-order valence-electron chi connectivity index (χ1n) is 8.95. The Labute approximate surface area is 161 Å². The van der Waals surface area contributed by atoms with Gasteiger partial charge in [0, 0.05) is 23.1 Å². The molecule has 0 radical (unpaired) electrons. The number of imidazole rings is 1. The molecule has 1 fully saturated rings. The lowest BCUT2D eigenvalue weighted by Crippen LogP contribution is -2.33. The molecule has 0 saturated carbocycles. The van der Waals surface area contributed by atoms with Crippen LogP contribution in [0.3, 0.4) is 0 Å². The predicted molar refractivity (Wildman–Crippen MR) is 105 cm³/mol. The first kappa shape index (κ1) is 17.9. The highest BCUT2D eigenvalue weighted by molar-refractivity contribution is 8.00. The number of carbonyl (C=O) groups is 1. The monoisotopic (exact) mass is 383 g/mol. The summed E-state index contributed by atoms with van der Waals surface area (Å²) in [7, 11) is 1.64. The van der Waals surface area contributed by atoms with Crippen molar-refractivity contribution in [1.29, 1.82) is 0 Å². The van der Waals surface area contributed by atoms with Crippen molar-refractivity contribution in [2.75, 3.05) is 13.7 Å². The Morgan fingerprint density at radius 2 is 2.04 bits per heavy atom. The van der Waals surface area contributed by atoms with Crippen LogP contribution in [-0.2, 0) is 4.79 Å². The quantitative estimate of drug-likeness (QED) is 0.663. The molecule has 1 saturated heterocycles. The van der Waals surface area contributed by atoms with E-state index in [1.165, 1.54) is 11.8 Å². The number of aromatic nitrogens is 2. The zero-order valence-electron chi connectivity index (χ0n) is 15.0. The fraction of sp³-hybridized carbons (Fsp3) is 0.300. The zero-order valence-corrected chi connectivity index (χ0v) is 15.8. The van der Waals surface area contributed by atoms with Crippen molar-refractivity contribution in [2.24, 2.45) is 0 Å². The van der Waals surface area contributed by atoms with Crippen LogP contribution < -0.4 is 4.74 Å². The second-order valence-corrected chi connectivity index (χ2v) is 7.83. The molecule has 1 aliphatic rings. The van der Waals surface area contributed by atoms with Crippen LogP contribution >= 0.6 is 11.8 Å². The number of H-pyrrole nitrogens is 1. The van der Waals surface area contributed by atoms with E-state index in [0.29, 0.717) is 6.54 Å². The zero-order chi connectivity index (χ0) is 18.8. The Balaban J connectivity index is 1.52. The van der Waals surface area contributed by atoms with Crippen molar-refractivity contribution in [3.05, 3.63) is 42.5 Å². The van der Waals surface area contributed by atoms with Crippen molar-refractivity contribution in [1.82, 2.24) is 15.0 Å². The number of methoxy groups -OCH3 is 1. The van der Waals surface area contributed by atoms with E-state index in [0.717, 1.165) is 57.4 Å². The van der Waals surface area contributed by atoms with Gasteiger partial charge in [0.1, 0.15) is 11.6 Å². The number of thioether (sulfide) groups is 1. The third-order valence-corrected chi connectivity index (χ3v) is 5.98. The van der Waals surface area contributed by atoms with Crippen LogP contribution in [0.15, 0.2) is 47.4 Å². The molecule has 1 unspecified atom stereocenters. The summed E-state index contributed by atoms with van der Waals surface area (Å²) in [6.45, 7) is 0.422. The van der Waals surface area contributed by atoms with Crippen LogP contribution in [0, 0.1) is 0 Å². The lowest BCUT2D eigenvalue weighted by Gasteiger charge is -2.17. The van der Waals surface area contributed by atoms with Crippen molar-refractivity contribution in [2.45, 2.75) is 29.4 Å². The number of aromatic amines is 1. The van der Waals surface area contributed by atoms with Gasteiger partial charge >= 0.3 is 0 Å². The Bertz CT molecular complexity index is 955. The molecule has 27 heavy (non-hydrogen) atoms. The number of rotatable bonds is 4. The van der Waals surface area contributed by atoms with Crippen LogP contribution in [0.25, 0.3) is 22.4 Å². The molecule has 0 spiro atoms. The van der Waals surface area contributed by atoms with E-state index in [9.17, 15) is 10.0 Å². The lowest BCUT2D eigenvalue weighted by molar-refractivity contribution is -0.163. The molecule has 2 heterocycles. The number of hydroxylamine groups is 2. The topological polar surface area (TPSA) is 78.5 Å². The second kappa shape index (κ2) is 7.62. The summed E-state index contributed by atoms with van der Waals surface area (Å²) in [5, 5.41) is 10.4. The van der Waals surface area contributed by atoms with Gasteiger partial charge in [0.25, 0.3) is 5.91 Å². The first-order valence-corrected chi connectivity index (χ1v) is 9.83. The smallest absolute Gasteiger partial charge is 0.259 e. The Hall–Kier alpha value is -2.51. The molecule has 1 aromatic heterocycles. The Morgan fingerprint density at radius 3 is 2.81 bits per heavy atom. The summed E-state index contributed by atoms with van der Waals surface area (Å²) in [6, 6.07) is 13.7. The number of nitrogens with zero attached hydrogens (tertiary/aromatic N) is 2. The van der Waals surface area contributed by atoms with Crippen molar-refractivity contribution >= 4 is 28.7 Å². The van der Waals surface area contributed by atoms with Gasteiger partial charge in [-0.15, -0.1) is 11.8 Å². The predicted octanol–water partition coefficient (Wildman–Crippen LogP) is 4.10. The van der Waals surface area contributed by atoms with E-state index in [1.807, 2.05) is 42.5 Å². The molecule has 6 nitrogen and oxygen atoms in total. The van der Waals surface area contributed by atoms with E-state index >= 15 is 0 Å². The SMILES string of the molecule is COc1ccc2nc(-c3ccc(SC4CCCCN(O)C4=O)cc3)[nH]c2c1. The minimum atomic E-state index is -0.234. The van der Waals surface area contributed by atoms with Gasteiger partial charge in [-0.25, -0.2) is 10.0 Å². The van der Waals surface area contributed by atoms with E-state index in [-0.39, 0.29) is 11.2 Å².